The van der Waals surface area contributed by atoms with Gasteiger partial charge in [-0.1, -0.05) is 0 Å². The first-order valence-corrected chi connectivity index (χ1v) is 9.87. The summed E-state index contributed by atoms with van der Waals surface area (Å²) in [6, 6.07) is 4.21. The van der Waals surface area contributed by atoms with Gasteiger partial charge in [0.1, 0.15) is 11.9 Å². The summed E-state index contributed by atoms with van der Waals surface area (Å²) in [5, 5.41) is 16.5. The molecule has 0 bridgehead atoms. The maximum Gasteiger partial charge on any atom is 0.312 e. The van der Waals surface area contributed by atoms with Gasteiger partial charge in [-0.2, -0.15) is 10.2 Å². The molecule has 0 radical (unpaired) electrons. The molecule has 11 nitrogen and oxygen atoms in total. The lowest BCUT2D eigenvalue weighted by atomic mass is 9.99. The minimum atomic E-state index is -0.589. The Morgan fingerprint density at radius 3 is 3.03 bits per heavy atom. The molecular formula is C20H16FN9O2. The van der Waals surface area contributed by atoms with Gasteiger partial charge in [0.2, 0.25) is 0 Å². The molecule has 1 atom stereocenters. The highest BCUT2D eigenvalue weighted by molar-refractivity contribution is 5.90. The van der Waals surface area contributed by atoms with Gasteiger partial charge in [-0.05, 0) is 18.2 Å². The summed E-state index contributed by atoms with van der Waals surface area (Å²) >= 11 is 0. The molecule has 6 rings (SSSR count). The largest absolute Gasteiger partial charge is 0.412 e. The molecule has 5 aromatic rings. The van der Waals surface area contributed by atoms with Crippen molar-refractivity contribution in [2.24, 2.45) is 7.05 Å². The Morgan fingerprint density at radius 1 is 1.28 bits per heavy atom. The molecule has 0 spiro atoms. The van der Waals surface area contributed by atoms with E-state index in [4.69, 9.17) is 4.42 Å². The van der Waals surface area contributed by atoms with Crippen LogP contribution in [0.3, 0.4) is 0 Å². The number of halogens is 1. The zero-order chi connectivity index (χ0) is 21.8. The Kier molecular flexibility index (Phi) is 3.93. The van der Waals surface area contributed by atoms with Crippen LogP contribution in [0.1, 0.15) is 33.8 Å². The van der Waals surface area contributed by atoms with Gasteiger partial charge in [0.25, 0.3) is 5.89 Å². The van der Waals surface area contributed by atoms with E-state index in [0.29, 0.717) is 35.4 Å². The van der Waals surface area contributed by atoms with Crippen molar-refractivity contribution in [1.82, 2.24) is 44.5 Å². The van der Waals surface area contributed by atoms with E-state index in [-0.39, 0.29) is 11.8 Å². The van der Waals surface area contributed by atoms with Crippen molar-refractivity contribution in [2.75, 3.05) is 6.54 Å². The van der Waals surface area contributed by atoms with Gasteiger partial charge in [0, 0.05) is 31.9 Å². The molecule has 0 saturated carbocycles. The van der Waals surface area contributed by atoms with Crippen molar-refractivity contribution >= 4 is 11.4 Å². The molecule has 0 aliphatic carbocycles. The van der Waals surface area contributed by atoms with Crippen LogP contribution in [0.4, 0.5) is 4.39 Å². The average Bonchev–Trinajstić information content (AvgIpc) is 3.57. The van der Waals surface area contributed by atoms with E-state index < -0.39 is 17.8 Å². The number of aromatic nitrogens is 8. The summed E-state index contributed by atoms with van der Waals surface area (Å²) in [6.07, 6.45) is 6.77. The molecule has 0 fully saturated rings. The first-order valence-electron chi connectivity index (χ1n) is 9.87. The van der Waals surface area contributed by atoms with Crippen LogP contribution in [-0.4, -0.2) is 56.9 Å². The predicted octanol–water partition coefficient (Wildman–Crippen LogP) is 1.77. The molecule has 1 aliphatic rings. The molecule has 12 heteroatoms. The van der Waals surface area contributed by atoms with Gasteiger partial charge in [0.05, 0.1) is 41.2 Å². The number of H-pyrrole nitrogens is 1. The number of rotatable bonds is 3. The van der Waals surface area contributed by atoms with Gasteiger partial charge in [0.15, 0.2) is 0 Å². The minimum Gasteiger partial charge on any atom is -0.412 e. The fourth-order valence-electron chi connectivity index (χ4n) is 3.99. The molecule has 0 aromatic carbocycles. The highest BCUT2D eigenvalue weighted by atomic mass is 19.1. The molecular weight excluding hydrogens is 417 g/mol. The number of fused-ring (bicyclic) bond motifs is 2. The first kappa shape index (κ1) is 18.4. The SMILES string of the molecule is Cn1cc(-c2nnc(C(=O)N3CCc4[nH]cnc4[C@H]3c3cc4ccc(F)cn4n3)o2)cn1. The lowest BCUT2D eigenvalue weighted by Crippen LogP contribution is -2.41. The van der Waals surface area contributed by atoms with E-state index in [2.05, 4.69) is 30.4 Å². The number of hydrogen-bond acceptors (Lipinski definition) is 7. The maximum atomic E-state index is 13.7. The average molecular weight is 433 g/mol. The number of pyridine rings is 1. The third-order valence-corrected chi connectivity index (χ3v) is 5.47. The lowest BCUT2D eigenvalue weighted by molar-refractivity contribution is 0.0646. The maximum absolute atomic E-state index is 13.7. The summed E-state index contributed by atoms with van der Waals surface area (Å²) in [6.45, 7) is 0.394. The zero-order valence-electron chi connectivity index (χ0n) is 16.8. The fraction of sp³-hybridized carbons (Fsp3) is 0.200. The Hall–Kier alpha value is -4.35. The van der Waals surface area contributed by atoms with E-state index in [1.54, 1.807) is 41.4 Å². The monoisotopic (exact) mass is 433 g/mol. The van der Waals surface area contributed by atoms with Gasteiger partial charge in [-0.25, -0.2) is 13.9 Å². The van der Waals surface area contributed by atoms with Crippen LogP contribution < -0.4 is 0 Å². The van der Waals surface area contributed by atoms with Gasteiger partial charge >= 0.3 is 11.8 Å². The topological polar surface area (TPSA) is 123 Å². The number of nitrogens with zero attached hydrogens (tertiary/aromatic N) is 8. The second-order valence-electron chi connectivity index (χ2n) is 7.52. The zero-order valence-corrected chi connectivity index (χ0v) is 16.8. The summed E-state index contributed by atoms with van der Waals surface area (Å²) in [7, 11) is 1.77. The number of carbonyl (C=O) groups is 1. The number of nitrogens with one attached hydrogen (secondary N) is 1. The first-order chi connectivity index (χ1) is 15.6. The Morgan fingerprint density at radius 2 is 2.19 bits per heavy atom. The van der Waals surface area contributed by atoms with Gasteiger partial charge in [-0.3, -0.25) is 9.48 Å². The highest BCUT2D eigenvalue weighted by Gasteiger charge is 2.38. The Bertz CT molecular complexity index is 1460. The van der Waals surface area contributed by atoms with E-state index in [9.17, 15) is 9.18 Å². The second kappa shape index (κ2) is 6.83. The van der Waals surface area contributed by atoms with Crippen molar-refractivity contribution < 1.29 is 13.6 Å². The number of aromatic amines is 1. The van der Waals surface area contributed by atoms with Crippen LogP contribution in [-0.2, 0) is 13.5 Å². The predicted molar refractivity (Wildman–Crippen MR) is 107 cm³/mol. The van der Waals surface area contributed by atoms with E-state index >= 15 is 0 Å². The summed E-state index contributed by atoms with van der Waals surface area (Å²) in [5.41, 5.74) is 3.48. The van der Waals surface area contributed by atoms with Crippen molar-refractivity contribution in [3.05, 3.63) is 71.9 Å². The minimum absolute atomic E-state index is 0.136. The number of amides is 1. The van der Waals surface area contributed by atoms with Crippen molar-refractivity contribution in [2.45, 2.75) is 12.5 Å². The number of hydrogen-bond donors (Lipinski definition) is 1. The molecule has 1 amide bonds. The summed E-state index contributed by atoms with van der Waals surface area (Å²) < 4.78 is 22.4. The van der Waals surface area contributed by atoms with E-state index in [0.717, 1.165) is 5.69 Å². The summed E-state index contributed by atoms with van der Waals surface area (Å²) in [5.74, 6) is -0.770. The smallest absolute Gasteiger partial charge is 0.312 e. The molecule has 160 valence electrons. The van der Waals surface area contributed by atoms with Crippen LogP contribution in [0.15, 0.2) is 47.5 Å². The van der Waals surface area contributed by atoms with E-state index in [1.165, 1.54) is 16.8 Å². The molecule has 0 saturated heterocycles. The quantitative estimate of drug-likeness (QED) is 0.460. The molecule has 0 unspecified atom stereocenters. The van der Waals surface area contributed by atoms with Crippen molar-refractivity contribution in [3.8, 4) is 11.5 Å². The van der Waals surface area contributed by atoms with Crippen molar-refractivity contribution in [1.29, 1.82) is 0 Å². The standard InChI is InChI=1S/C20H16FN9O2/c1-28-8-11(7-24-28)18-25-26-19(32-18)20(31)29-5-4-14-16(23-10-22-14)17(29)15-6-13-3-2-12(21)9-30(13)27-15/h2-3,6-10,17H,4-5H2,1H3,(H,22,23)/t17-/m1/s1. The van der Waals surface area contributed by atoms with Crippen LogP contribution in [0.5, 0.6) is 0 Å². The Balaban J connectivity index is 1.40. The van der Waals surface area contributed by atoms with Crippen LogP contribution in [0, 0.1) is 5.82 Å². The van der Waals surface area contributed by atoms with Crippen molar-refractivity contribution in [3.63, 3.8) is 0 Å². The molecule has 5 aromatic heterocycles. The Labute approximate surface area is 179 Å². The van der Waals surface area contributed by atoms with Crippen LogP contribution in [0.2, 0.25) is 0 Å². The molecule has 6 heterocycles. The third kappa shape index (κ3) is 2.87. The van der Waals surface area contributed by atoms with Crippen LogP contribution in [0.25, 0.3) is 17.0 Å². The second-order valence-corrected chi connectivity index (χ2v) is 7.52. The van der Waals surface area contributed by atoms with Gasteiger partial charge < -0.3 is 14.3 Å². The molecule has 32 heavy (non-hydrogen) atoms. The molecule has 1 N–H and O–H groups in total. The molecule has 1 aliphatic heterocycles. The number of imidazole rings is 1. The van der Waals surface area contributed by atoms with Crippen LogP contribution >= 0.6 is 0 Å². The third-order valence-electron chi connectivity index (χ3n) is 5.47. The normalized spacial score (nSPS) is 15.9. The number of carbonyl (C=O) groups excluding carboxylic acids is 1. The van der Waals surface area contributed by atoms with E-state index in [1.807, 2.05) is 6.07 Å². The highest BCUT2D eigenvalue weighted by Crippen LogP contribution is 2.34. The lowest BCUT2D eigenvalue weighted by Gasteiger charge is -2.32. The summed E-state index contributed by atoms with van der Waals surface area (Å²) in [4.78, 5) is 22.6. The fourth-order valence-corrected chi connectivity index (χ4v) is 3.99. The van der Waals surface area contributed by atoms with Gasteiger partial charge in [-0.15, -0.1) is 10.2 Å². The number of aryl methyl sites for hydroxylation is 1.